The van der Waals surface area contributed by atoms with Gasteiger partial charge in [0, 0.05) is 24.2 Å². The van der Waals surface area contributed by atoms with Crippen LogP contribution < -0.4 is 10.6 Å². The van der Waals surface area contributed by atoms with Crippen LogP contribution in [0.15, 0.2) is 60.0 Å². The second-order valence-electron chi connectivity index (χ2n) is 6.27. The van der Waals surface area contributed by atoms with Crippen LogP contribution in [-0.4, -0.2) is 18.4 Å². The monoisotopic (exact) mass is 378 g/mol. The van der Waals surface area contributed by atoms with Gasteiger partial charge in [0.25, 0.3) is 11.8 Å². The lowest BCUT2D eigenvalue weighted by Crippen LogP contribution is -2.24. The molecule has 0 bridgehead atoms. The highest BCUT2D eigenvalue weighted by molar-refractivity contribution is 7.12. The van der Waals surface area contributed by atoms with E-state index in [4.69, 9.17) is 0 Å². The van der Waals surface area contributed by atoms with Crippen LogP contribution in [0.4, 0.5) is 0 Å². The van der Waals surface area contributed by atoms with Crippen molar-refractivity contribution < 1.29 is 9.59 Å². The summed E-state index contributed by atoms with van der Waals surface area (Å²) in [6, 6.07) is 17.4. The van der Waals surface area contributed by atoms with Crippen LogP contribution in [0.1, 0.15) is 38.1 Å². The van der Waals surface area contributed by atoms with Crippen LogP contribution >= 0.6 is 11.3 Å². The molecule has 2 amide bonds. The summed E-state index contributed by atoms with van der Waals surface area (Å²) >= 11 is 1.43. The molecule has 0 unspecified atom stereocenters. The molecule has 0 fully saturated rings. The molecule has 0 aliphatic heterocycles. The minimum atomic E-state index is -0.107. The first-order chi connectivity index (χ1) is 13.1. The Kier molecular flexibility index (Phi) is 6.04. The van der Waals surface area contributed by atoms with E-state index in [1.165, 1.54) is 16.9 Å². The molecule has 0 spiro atoms. The average Bonchev–Trinajstić information content (AvgIpc) is 3.17. The second kappa shape index (κ2) is 8.64. The van der Waals surface area contributed by atoms with Gasteiger partial charge in [0.2, 0.25) is 0 Å². The van der Waals surface area contributed by atoms with Gasteiger partial charge >= 0.3 is 0 Å². The molecule has 3 rings (SSSR count). The molecule has 2 N–H and O–H groups in total. The Morgan fingerprint density at radius 1 is 0.963 bits per heavy atom. The summed E-state index contributed by atoms with van der Waals surface area (Å²) < 4.78 is 0. The molecule has 27 heavy (non-hydrogen) atoms. The van der Waals surface area contributed by atoms with E-state index < -0.39 is 0 Å². The quantitative estimate of drug-likeness (QED) is 0.668. The maximum absolute atomic E-state index is 12.7. The smallest absolute Gasteiger partial charge is 0.262 e. The summed E-state index contributed by atoms with van der Waals surface area (Å²) in [7, 11) is 0. The van der Waals surface area contributed by atoms with Gasteiger partial charge in [-0.25, -0.2) is 0 Å². The van der Waals surface area contributed by atoms with Crippen molar-refractivity contribution in [2.75, 3.05) is 6.54 Å². The van der Waals surface area contributed by atoms with E-state index in [1.807, 2.05) is 61.7 Å². The van der Waals surface area contributed by atoms with E-state index in [0.717, 1.165) is 16.7 Å². The molecule has 0 atom stereocenters. The fourth-order valence-corrected chi connectivity index (χ4v) is 3.63. The lowest BCUT2D eigenvalue weighted by molar-refractivity contribution is 0.0949. The number of thiophene rings is 1. The number of hydrogen-bond acceptors (Lipinski definition) is 3. The number of benzene rings is 2. The molecule has 1 heterocycles. The van der Waals surface area contributed by atoms with Gasteiger partial charge in [-0.1, -0.05) is 42.0 Å². The number of nitrogens with one attached hydrogen (secondary N) is 2. The standard InChI is InChI=1S/C22H22N2O2S/c1-3-23-21(25)18-6-4-5-16(13-18)14-24-22(26)20-19(11-12-27-20)17-9-7-15(2)8-10-17/h4-13H,3,14H2,1-2H3,(H,23,25)(H,24,26). The summed E-state index contributed by atoms with van der Waals surface area (Å²) in [5.41, 5.74) is 4.64. The predicted octanol–water partition coefficient (Wildman–Crippen LogP) is 4.40. The van der Waals surface area contributed by atoms with Crippen molar-refractivity contribution in [3.05, 3.63) is 81.5 Å². The number of hydrogen-bond donors (Lipinski definition) is 2. The first-order valence-corrected chi connectivity index (χ1v) is 9.76. The van der Waals surface area contributed by atoms with Crippen molar-refractivity contribution in [1.82, 2.24) is 10.6 Å². The fraction of sp³-hybridized carbons (Fsp3) is 0.182. The summed E-state index contributed by atoms with van der Waals surface area (Å²) in [6.45, 7) is 4.88. The van der Waals surface area contributed by atoms with Crippen molar-refractivity contribution in [2.45, 2.75) is 20.4 Å². The molecule has 0 aliphatic rings. The topological polar surface area (TPSA) is 58.2 Å². The number of amides is 2. The van der Waals surface area contributed by atoms with Crippen LogP contribution in [0, 0.1) is 6.92 Å². The van der Waals surface area contributed by atoms with Crippen LogP contribution in [0.25, 0.3) is 11.1 Å². The van der Waals surface area contributed by atoms with E-state index >= 15 is 0 Å². The Hall–Kier alpha value is -2.92. The Morgan fingerprint density at radius 2 is 1.74 bits per heavy atom. The lowest BCUT2D eigenvalue weighted by atomic mass is 10.0. The molecule has 4 nitrogen and oxygen atoms in total. The van der Waals surface area contributed by atoms with Crippen molar-refractivity contribution in [1.29, 1.82) is 0 Å². The van der Waals surface area contributed by atoms with E-state index in [2.05, 4.69) is 10.6 Å². The van der Waals surface area contributed by atoms with Crippen LogP contribution in [0.2, 0.25) is 0 Å². The Bertz CT molecular complexity index is 945. The van der Waals surface area contributed by atoms with Crippen molar-refractivity contribution in [2.24, 2.45) is 0 Å². The summed E-state index contributed by atoms with van der Waals surface area (Å²) in [4.78, 5) is 25.3. The van der Waals surface area contributed by atoms with Gasteiger partial charge in [-0.2, -0.15) is 0 Å². The van der Waals surface area contributed by atoms with Gasteiger partial charge < -0.3 is 10.6 Å². The van der Waals surface area contributed by atoms with Crippen molar-refractivity contribution in [3.8, 4) is 11.1 Å². The number of aryl methyl sites for hydroxylation is 1. The lowest BCUT2D eigenvalue weighted by Gasteiger charge is -2.08. The van der Waals surface area contributed by atoms with E-state index in [1.54, 1.807) is 12.1 Å². The Morgan fingerprint density at radius 3 is 2.48 bits per heavy atom. The third-order valence-electron chi connectivity index (χ3n) is 4.21. The second-order valence-corrected chi connectivity index (χ2v) is 7.19. The molecule has 0 saturated heterocycles. The van der Waals surface area contributed by atoms with Gasteiger partial charge in [-0.3, -0.25) is 9.59 Å². The SMILES string of the molecule is CCNC(=O)c1cccc(CNC(=O)c2sccc2-c2ccc(C)cc2)c1. The first kappa shape index (κ1) is 18.9. The zero-order chi connectivity index (χ0) is 19.2. The Balaban J connectivity index is 1.71. The molecule has 0 aliphatic carbocycles. The van der Waals surface area contributed by atoms with Gasteiger partial charge in [0.15, 0.2) is 0 Å². The van der Waals surface area contributed by atoms with Gasteiger partial charge in [-0.05, 0) is 48.6 Å². The van der Waals surface area contributed by atoms with Gasteiger partial charge in [0.1, 0.15) is 0 Å². The molecule has 0 saturated carbocycles. The normalized spacial score (nSPS) is 10.4. The Labute approximate surface area is 163 Å². The van der Waals surface area contributed by atoms with E-state index in [0.29, 0.717) is 23.5 Å². The molecule has 2 aromatic carbocycles. The maximum atomic E-state index is 12.7. The average molecular weight is 378 g/mol. The molecule has 138 valence electrons. The van der Waals surface area contributed by atoms with Crippen LogP contribution in [-0.2, 0) is 6.54 Å². The highest BCUT2D eigenvalue weighted by atomic mass is 32.1. The number of carbonyl (C=O) groups is 2. The highest BCUT2D eigenvalue weighted by Gasteiger charge is 2.14. The first-order valence-electron chi connectivity index (χ1n) is 8.88. The minimum absolute atomic E-state index is 0.106. The summed E-state index contributed by atoms with van der Waals surface area (Å²) in [5.74, 6) is -0.213. The molecule has 1 aromatic heterocycles. The zero-order valence-electron chi connectivity index (χ0n) is 15.4. The third-order valence-corrected chi connectivity index (χ3v) is 5.13. The van der Waals surface area contributed by atoms with E-state index in [-0.39, 0.29) is 11.8 Å². The van der Waals surface area contributed by atoms with Gasteiger partial charge in [-0.15, -0.1) is 11.3 Å². The van der Waals surface area contributed by atoms with E-state index in [9.17, 15) is 9.59 Å². The highest BCUT2D eigenvalue weighted by Crippen LogP contribution is 2.28. The largest absolute Gasteiger partial charge is 0.352 e. The number of rotatable bonds is 6. The zero-order valence-corrected chi connectivity index (χ0v) is 16.2. The summed E-state index contributed by atoms with van der Waals surface area (Å²) in [5, 5.41) is 7.67. The fourth-order valence-electron chi connectivity index (χ4n) is 2.79. The predicted molar refractivity (Wildman–Crippen MR) is 110 cm³/mol. The van der Waals surface area contributed by atoms with Crippen LogP contribution in [0.5, 0.6) is 0 Å². The molecule has 5 heteroatoms. The molecule has 0 radical (unpaired) electrons. The maximum Gasteiger partial charge on any atom is 0.262 e. The summed E-state index contributed by atoms with van der Waals surface area (Å²) in [6.07, 6.45) is 0. The third kappa shape index (κ3) is 4.63. The van der Waals surface area contributed by atoms with Crippen molar-refractivity contribution >= 4 is 23.2 Å². The molecular weight excluding hydrogens is 356 g/mol. The van der Waals surface area contributed by atoms with Crippen molar-refractivity contribution in [3.63, 3.8) is 0 Å². The minimum Gasteiger partial charge on any atom is -0.352 e. The van der Waals surface area contributed by atoms with Crippen LogP contribution in [0.3, 0.4) is 0 Å². The molecular formula is C22H22N2O2S. The van der Waals surface area contributed by atoms with Gasteiger partial charge in [0.05, 0.1) is 4.88 Å². The number of carbonyl (C=O) groups excluding carboxylic acids is 2. The molecule has 3 aromatic rings.